The molecular formula is C8H11ClN2O2S. The lowest BCUT2D eigenvalue weighted by molar-refractivity contribution is 0.594. The molecule has 0 radical (unpaired) electrons. The van der Waals surface area contributed by atoms with Crippen LogP contribution >= 0.6 is 11.6 Å². The summed E-state index contributed by atoms with van der Waals surface area (Å²) in [5, 5.41) is 0.392. The van der Waals surface area contributed by atoms with E-state index in [-0.39, 0.29) is 5.75 Å². The predicted octanol–water partition coefficient (Wildman–Crippen LogP) is 0.779. The molecule has 1 aromatic rings. The summed E-state index contributed by atoms with van der Waals surface area (Å²) in [6, 6.07) is 1.03. The van der Waals surface area contributed by atoms with Crippen molar-refractivity contribution in [3.05, 3.63) is 29.0 Å². The fraction of sp³-hybridized carbons (Fsp3) is 0.375. The molecule has 0 saturated heterocycles. The normalized spacial score (nSPS) is 13.9. The van der Waals surface area contributed by atoms with Gasteiger partial charge >= 0.3 is 0 Å². The zero-order valence-electron chi connectivity index (χ0n) is 7.64. The lowest BCUT2D eigenvalue weighted by Gasteiger charge is -2.11. The van der Waals surface area contributed by atoms with Gasteiger partial charge in [0.2, 0.25) is 0 Å². The topological polar surface area (TPSA) is 73.0 Å². The van der Waals surface area contributed by atoms with Crippen LogP contribution in [0.5, 0.6) is 0 Å². The van der Waals surface area contributed by atoms with Gasteiger partial charge in [0.25, 0.3) is 0 Å². The molecule has 14 heavy (non-hydrogen) atoms. The fourth-order valence-corrected chi connectivity index (χ4v) is 2.19. The van der Waals surface area contributed by atoms with Gasteiger partial charge in [-0.15, -0.1) is 0 Å². The van der Waals surface area contributed by atoms with Crippen molar-refractivity contribution in [3.63, 3.8) is 0 Å². The van der Waals surface area contributed by atoms with Crippen LogP contribution in [0.4, 0.5) is 0 Å². The van der Waals surface area contributed by atoms with Crippen molar-refractivity contribution in [1.82, 2.24) is 4.98 Å². The van der Waals surface area contributed by atoms with Crippen LogP contribution in [0.25, 0.3) is 0 Å². The highest BCUT2D eigenvalue weighted by molar-refractivity contribution is 7.90. The van der Waals surface area contributed by atoms with Crippen molar-refractivity contribution < 1.29 is 8.42 Å². The van der Waals surface area contributed by atoms with Gasteiger partial charge in [-0.2, -0.15) is 0 Å². The van der Waals surface area contributed by atoms with Crippen molar-refractivity contribution in [2.75, 3.05) is 12.0 Å². The first-order valence-corrected chi connectivity index (χ1v) is 6.37. The molecule has 0 fully saturated rings. The Morgan fingerprint density at radius 1 is 1.64 bits per heavy atom. The van der Waals surface area contributed by atoms with E-state index in [1.54, 1.807) is 6.07 Å². The third-order valence-electron chi connectivity index (χ3n) is 1.69. The highest BCUT2D eigenvalue weighted by Gasteiger charge is 2.15. The second kappa shape index (κ2) is 4.25. The summed E-state index contributed by atoms with van der Waals surface area (Å²) in [6.45, 7) is 0. The van der Waals surface area contributed by atoms with Crippen molar-refractivity contribution in [2.24, 2.45) is 5.73 Å². The number of halogens is 1. The highest BCUT2D eigenvalue weighted by atomic mass is 35.5. The van der Waals surface area contributed by atoms with Crippen LogP contribution in [0.3, 0.4) is 0 Å². The molecule has 6 heteroatoms. The van der Waals surface area contributed by atoms with E-state index in [9.17, 15) is 8.42 Å². The highest BCUT2D eigenvalue weighted by Crippen LogP contribution is 2.20. The summed E-state index contributed by atoms with van der Waals surface area (Å²) in [7, 11) is -3.09. The Balaban J connectivity index is 2.90. The summed E-state index contributed by atoms with van der Waals surface area (Å²) >= 11 is 5.81. The maximum absolute atomic E-state index is 11.0. The smallest absolute Gasteiger partial charge is 0.149 e. The van der Waals surface area contributed by atoms with E-state index in [1.807, 2.05) is 0 Å². The standard InChI is InChI=1S/C8H11ClN2O2S/c1-14(12,13)5-8(10)6-2-3-11-4-7(6)9/h2-4,8H,5,10H2,1H3/t8-/m0/s1. The van der Waals surface area contributed by atoms with Crippen LogP contribution in [0.1, 0.15) is 11.6 Å². The van der Waals surface area contributed by atoms with Gasteiger partial charge < -0.3 is 5.73 Å². The van der Waals surface area contributed by atoms with Crippen molar-refractivity contribution in [3.8, 4) is 0 Å². The minimum atomic E-state index is -3.09. The van der Waals surface area contributed by atoms with Gasteiger partial charge in [-0.25, -0.2) is 8.42 Å². The number of hydrogen-bond donors (Lipinski definition) is 1. The summed E-state index contributed by atoms with van der Waals surface area (Å²) in [6.07, 6.45) is 4.12. The van der Waals surface area contributed by atoms with Crippen LogP contribution in [0.15, 0.2) is 18.5 Å². The SMILES string of the molecule is CS(=O)(=O)C[C@H](N)c1ccncc1Cl. The van der Waals surface area contributed by atoms with E-state index >= 15 is 0 Å². The Bertz CT molecular complexity index is 419. The van der Waals surface area contributed by atoms with E-state index in [4.69, 9.17) is 17.3 Å². The molecule has 0 aliphatic carbocycles. The number of pyridine rings is 1. The first kappa shape index (κ1) is 11.4. The number of rotatable bonds is 3. The van der Waals surface area contributed by atoms with E-state index in [0.29, 0.717) is 10.6 Å². The average molecular weight is 235 g/mol. The molecule has 0 saturated carbocycles. The number of hydrogen-bond acceptors (Lipinski definition) is 4. The van der Waals surface area contributed by atoms with E-state index in [2.05, 4.69) is 4.98 Å². The Kier molecular flexibility index (Phi) is 3.47. The summed E-state index contributed by atoms with van der Waals surface area (Å²) in [5.74, 6) is -0.114. The van der Waals surface area contributed by atoms with Crippen molar-refractivity contribution in [2.45, 2.75) is 6.04 Å². The van der Waals surface area contributed by atoms with Gasteiger partial charge in [0.1, 0.15) is 9.84 Å². The monoisotopic (exact) mass is 234 g/mol. The van der Waals surface area contributed by atoms with Crippen molar-refractivity contribution >= 4 is 21.4 Å². The van der Waals surface area contributed by atoms with Gasteiger partial charge in [0, 0.05) is 24.7 Å². The van der Waals surface area contributed by atoms with Crippen LogP contribution in [0, 0.1) is 0 Å². The second-order valence-electron chi connectivity index (χ2n) is 3.10. The molecule has 0 unspecified atom stereocenters. The molecule has 1 rings (SSSR count). The van der Waals surface area contributed by atoms with Gasteiger partial charge in [0.15, 0.2) is 0 Å². The molecule has 2 N–H and O–H groups in total. The largest absolute Gasteiger partial charge is 0.323 e. The molecule has 0 amide bonds. The Morgan fingerprint density at radius 3 is 2.79 bits per heavy atom. The van der Waals surface area contributed by atoms with E-state index < -0.39 is 15.9 Å². The molecule has 0 aromatic carbocycles. The summed E-state index contributed by atoms with van der Waals surface area (Å²) in [4.78, 5) is 3.79. The van der Waals surface area contributed by atoms with Crippen molar-refractivity contribution in [1.29, 1.82) is 0 Å². The Hall–Kier alpha value is -0.650. The maximum Gasteiger partial charge on any atom is 0.149 e. The van der Waals surface area contributed by atoms with E-state index in [0.717, 1.165) is 6.26 Å². The zero-order valence-corrected chi connectivity index (χ0v) is 9.22. The third kappa shape index (κ3) is 3.25. The minimum Gasteiger partial charge on any atom is -0.323 e. The minimum absolute atomic E-state index is 0.114. The molecule has 0 aliphatic rings. The summed E-state index contributed by atoms with van der Waals surface area (Å²) < 4.78 is 22.0. The quantitative estimate of drug-likeness (QED) is 0.839. The second-order valence-corrected chi connectivity index (χ2v) is 5.69. The van der Waals surface area contributed by atoms with Crippen LogP contribution in [-0.4, -0.2) is 25.4 Å². The lowest BCUT2D eigenvalue weighted by atomic mass is 10.1. The Labute approximate surface area is 88.0 Å². The third-order valence-corrected chi connectivity index (χ3v) is 2.97. The van der Waals surface area contributed by atoms with Gasteiger partial charge in [0.05, 0.1) is 10.8 Å². The fourth-order valence-electron chi connectivity index (χ4n) is 1.10. The number of sulfone groups is 1. The van der Waals surface area contributed by atoms with Gasteiger partial charge in [-0.3, -0.25) is 4.98 Å². The molecule has 1 atom stereocenters. The van der Waals surface area contributed by atoms with Gasteiger partial charge in [-0.05, 0) is 11.6 Å². The molecule has 1 heterocycles. The lowest BCUT2D eigenvalue weighted by Crippen LogP contribution is -2.21. The molecule has 4 nitrogen and oxygen atoms in total. The molecule has 0 bridgehead atoms. The predicted molar refractivity (Wildman–Crippen MR) is 55.9 cm³/mol. The molecule has 78 valence electrons. The number of nitrogens with two attached hydrogens (primary N) is 1. The molecule has 0 spiro atoms. The van der Waals surface area contributed by atoms with Crippen LogP contribution in [-0.2, 0) is 9.84 Å². The zero-order chi connectivity index (χ0) is 10.8. The number of aromatic nitrogens is 1. The molecule has 1 aromatic heterocycles. The molecule has 0 aliphatic heterocycles. The van der Waals surface area contributed by atoms with Gasteiger partial charge in [-0.1, -0.05) is 11.6 Å². The summed E-state index contributed by atoms with van der Waals surface area (Å²) in [5.41, 5.74) is 6.29. The maximum atomic E-state index is 11.0. The molecular weight excluding hydrogens is 224 g/mol. The average Bonchev–Trinajstić information content (AvgIpc) is 2.01. The first-order valence-electron chi connectivity index (χ1n) is 3.93. The van der Waals surface area contributed by atoms with Crippen LogP contribution < -0.4 is 5.73 Å². The first-order chi connectivity index (χ1) is 6.40. The van der Waals surface area contributed by atoms with Crippen LogP contribution in [0.2, 0.25) is 5.02 Å². The Morgan fingerprint density at radius 2 is 2.29 bits per heavy atom. The number of nitrogens with zero attached hydrogens (tertiary/aromatic N) is 1. The van der Waals surface area contributed by atoms with E-state index in [1.165, 1.54) is 12.4 Å².